The molecule has 0 aliphatic carbocycles. The van der Waals surface area contributed by atoms with E-state index in [0.29, 0.717) is 13.1 Å². The summed E-state index contributed by atoms with van der Waals surface area (Å²) < 4.78 is 25.6. The zero-order valence-electron chi connectivity index (χ0n) is 7.96. The van der Waals surface area contributed by atoms with Gasteiger partial charge >= 0.3 is 0 Å². The molecule has 1 aromatic rings. The molecule has 1 heterocycles. The minimum atomic E-state index is -1.05. The Morgan fingerprint density at radius 2 is 1.87 bits per heavy atom. The maximum absolute atomic E-state index is 12.9. The molecule has 0 atom stereocenters. The van der Waals surface area contributed by atoms with Crippen LogP contribution in [0.15, 0.2) is 12.1 Å². The fourth-order valence-electron chi connectivity index (χ4n) is 1.44. The first-order valence-corrected chi connectivity index (χ1v) is 4.63. The van der Waals surface area contributed by atoms with Crippen LogP contribution >= 0.6 is 0 Å². The van der Waals surface area contributed by atoms with Gasteiger partial charge in [0.2, 0.25) is 0 Å². The van der Waals surface area contributed by atoms with Crippen LogP contribution in [0.2, 0.25) is 0 Å². The first kappa shape index (κ1) is 9.89. The van der Waals surface area contributed by atoms with Crippen LogP contribution in [0.5, 0.6) is 0 Å². The SMILES string of the molecule is Nc1cc(F)c(F)cc1C(=O)N1CCC1. The van der Waals surface area contributed by atoms with E-state index in [4.69, 9.17) is 5.73 Å². The summed E-state index contributed by atoms with van der Waals surface area (Å²) >= 11 is 0. The van der Waals surface area contributed by atoms with Crippen LogP contribution in [0.3, 0.4) is 0 Å². The highest BCUT2D eigenvalue weighted by Crippen LogP contribution is 2.20. The lowest BCUT2D eigenvalue weighted by Crippen LogP contribution is -2.42. The highest BCUT2D eigenvalue weighted by Gasteiger charge is 2.24. The molecule has 2 rings (SSSR count). The summed E-state index contributed by atoms with van der Waals surface area (Å²) in [6.07, 6.45) is 0.940. The monoisotopic (exact) mass is 212 g/mol. The second kappa shape index (κ2) is 3.49. The molecule has 1 aliphatic rings. The van der Waals surface area contributed by atoms with Crippen molar-refractivity contribution in [2.24, 2.45) is 0 Å². The first-order chi connectivity index (χ1) is 7.09. The van der Waals surface area contributed by atoms with Gasteiger partial charge in [-0.2, -0.15) is 0 Å². The average Bonchev–Trinajstić information content (AvgIpc) is 2.08. The third-order valence-electron chi connectivity index (χ3n) is 2.47. The van der Waals surface area contributed by atoms with Gasteiger partial charge in [0, 0.05) is 24.8 Å². The third-order valence-corrected chi connectivity index (χ3v) is 2.47. The van der Waals surface area contributed by atoms with Gasteiger partial charge in [0.15, 0.2) is 11.6 Å². The lowest BCUT2D eigenvalue weighted by Gasteiger charge is -2.31. The highest BCUT2D eigenvalue weighted by atomic mass is 19.2. The number of hydrogen-bond donors (Lipinski definition) is 1. The molecule has 5 heteroatoms. The molecule has 0 bridgehead atoms. The first-order valence-electron chi connectivity index (χ1n) is 4.63. The molecule has 0 spiro atoms. The van der Waals surface area contributed by atoms with Crippen LogP contribution in [-0.4, -0.2) is 23.9 Å². The number of nitrogen functional groups attached to an aromatic ring is 1. The fourth-order valence-corrected chi connectivity index (χ4v) is 1.44. The smallest absolute Gasteiger partial charge is 0.256 e. The molecule has 1 aliphatic heterocycles. The summed E-state index contributed by atoms with van der Waals surface area (Å²) in [6, 6.07) is 1.69. The molecule has 1 aromatic carbocycles. The second-order valence-corrected chi connectivity index (χ2v) is 3.50. The van der Waals surface area contributed by atoms with Gasteiger partial charge in [0.25, 0.3) is 5.91 Å². The van der Waals surface area contributed by atoms with Crippen molar-refractivity contribution < 1.29 is 13.6 Å². The van der Waals surface area contributed by atoms with Crippen molar-refractivity contribution in [2.75, 3.05) is 18.8 Å². The van der Waals surface area contributed by atoms with Gasteiger partial charge in [-0.1, -0.05) is 0 Å². The number of nitrogens with zero attached hydrogens (tertiary/aromatic N) is 1. The summed E-state index contributed by atoms with van der Waals surface area (Å²) in [4.78, 5) is 13.2. The molecule has 0 unspecified atom stereocenters. The predicted molar refractivity (Wildman–Crippen MR) is 51.3 cm³/mol. The largest absolute Gasteiger partial charge is 0.398 e. The molecule has 15 heavy (non-hydrogen) atoms. The summed E-state index contributed by atoms with van der Waals surface area (Å²) in [7, 11) is 0. The average molecular weight is 212 g/mol. The quantitative estimate of drug-likeness (QED) is 0.715. The number of halogens is 2. The molecular formula is C10H10F2N2O. The number of anilines is 1. The van der Waals surface area contributed by atoms with Crippen molar-refractivity contribution in [2.45, 2.75) is 6.42 Å². The van der Waals surface area contributed by atoms with Gasteiger partial charge in [-0.25, -0.2) is 8.78 Å². The van der Waals surface area contributed by atoms with Gasteiger partial charge in [-0.05, 0) is 12.5 Å². The lowest BCUT2D eigenvalue weighted by molar-refractivity contribution is 0.0652. The van der Waals surface area contributed by atoms with E-state index in [0.717, 1.165) is 18.6 Å². The van der Waals surface area contributed by atoms with E-state index in [9.17, 15) is 13.6 Å². The second-order valence-electron chi connectivity index (χ2n) is 3.50. The molecule has 3 nitrogen and oxygen atoms in total. The summed E-state index contributed by atoms with van der Waals surface area (Å²) in [6.45, 7) is 1.30. The summed E-state index contributed by atoms with van der Waals surface area (Å²) in [5.41, 5.74) is 5.47. The van der Waals surface area contributed by atoms with Crippen molar-refractivity contribution in [1.82, 2.24) is 4.90 Å². The van der Waals surface area contributed by atoms with Crippen molar-refractivity contribution in [3.63, 3.8) is 0 Å². The molecular weight excluding hydrogens is 202 g/mol. The molecule has 1 saturated heterocycles. The van der Waals surface area contributed by atoms with Crippen molar-refractivity contribution in [3.05, 3.63) is 29.3 Å². The van der Waals surface area contributed by atoms with Crippen LogP contribution in [0.4, 0.5) is 14.5 Å². The van der Waals surface area contributed by atoms with Gasteiger partial charge in [0.1, 0.15) is 0 Å². The van der Waals surface area contributed by atoms with E-state index >= 15 is 0 Å². The third kappa shape index (κ3) is 1.65. The summed E-state index contributed by atoms with van der Waals surface area (Å²) in [5.74, 6) is -2.42. The molecule has 1 amide bonds. The van der Waals surface area contributed by atoms with Crippen molar-refractivity contribution >= 4 is 11.6 Å². The van der Waals surface area contributed by atoms with Crippen molar-refractivity contribution in [1.29, 1.82) is 0 Å². The molecule has 80 valence electrons. The van der Waals surface area contributed by atoms with Crippen molar-refractivity contribution in [3.8, 4) is 0 Å². The standard InChI is InChI=1S/C10H10F2N2O/c11-7-4-6(9(13)5-8(7)12)10(15)14-2-1-3-14/h4-5H,1-3,13H2. The predicted octanol–water partition coefficient (Wildman–Crippen LogP) is 1.39. The minimum Gasteiger partial charge on any atom is -0.398 e. The molecule has 0 aromatic heterocycles. The Hall–Kier alpha value is -1.65. The fraction of sp³-hybridized carbons (Fsp3) is 0.300. The number of nitrogens with two attached hydrogens (primary N) is 1. The Bertz CT molecular complexity index is 416. The van der Waals surface area contributed by atoms with E-state index in [2.05, 4.69) is 0 Å². The maximum atomic E-state index is 12.9. The lowest BCUT2D eigenvalue weighted by atomic mass is 10.1. The number of carbonyl (C=O) groups is 1. The zero-order chi connectivity index (χ0) is 11.0. The Morgan fingerprint density at radius 1 is 1.27 bits per heavy atom. The van der Waals surface area contributed by atoms with Crippen LogP contribution < -0.4 is 5.73 Å². The minimum absolute atomic E-state index is 0.0224. The van der Waals surface area contributed by atoms with E-state index in [1.165, 1.54) is 0 Å². The number of hydrogen-bond acceptors (Lipinski definition) is 2. The van der Waals surface area contributed by atoms with Crippen LogP contribution in [0.25, 0.3) is 0 Å². The topological polar surface area (TPSA) is 46.3 Å². The van der Waals surface area contributed by atoms with Gasteiger partial charge in [-0.15, -0.1) is 0 Å². The number of benzene rings is 1. The van der Waals surface area contributed by atoms with Gasteiger partial charge in [-0.3, -0.25) is 4.79 Å². The Morgan fingerprint density at radius 3 is 2.40 bits per heavy atom. The molecule has 0 saturated carbocycles. The molecule has 1 fully saturated rings. The molecule has 0 radical (unpaired) electrons. The number of amides is 1. The van der Waals surface area contributed by atoms with Crippen LogP contribution in [0, 0.1) is 11.6 Å². The Kier molecular flexibility index (Phi) is 2.30. The maximum Gasteiger partial charge on any atom is 0.256 e. The Labute approximate surface area is 85.5 Å². The van der Waals surface area contributed by atoms with Crippen LogP contribution in [0.1, 0.15) is 16.8 Å². The zero-order valence-corrected chi connectivity index (χ0v) is 7.96. The number of rotatable bonds is 1. The van der Waals surface area contributed by atoms with E-state index in [1.807, 2.05) is 0 Å². The van der Waals surface area contributed by atoms with Crippen LogP contribution in [-0.2, 0) is 0 Å². The Balaban J connectivity index is 2.34. The van der Waals surface area contributed by atoms with E-state index in [-0.39, 0.29) is 17.2 Å². The number of likely N-dealkylation sites (tertiary alicyclic amines) is 1. The normalized spacial score (nSPS) is 14.9. The highest BCUT2D eigenvalue weighted by molar-refractivity contribution is 5.99. The molecule has 2 N–H and O–H groups in total. The number of carbonyl (C=O) groups excluding carboxylic acids is 1. The van der Waals surface area contributed by atoms with E-state index < -0.39 is 11.6 Å². The van der Waals surface area contributed by atoms with Gasteiger partial charge < -0.3 is 10.6 Å². The summed E-state index contributed by atoms with van der Waals surface area (Å²) in [5, 5.41) is 0. The van der Waals surface area contributed by atoms with E-state index in [1.54, 1.807) is 4.90 Å². The van der Waals surface area contributed by atoms with Gasteiger partial charge in [0.05, 0.1) is 5.56 Å².